The van der Waals surface area contributed by atoms with Crippen molar-refractivity contribution < 1.29 is 27.5 Å². The minimum absolute atomic E-state index is 0.0951. The van der Waals surface area contributed by atoms with Crippen LogP contribution in [0, 0.1) is 19.8 Å². The highest BCUT2D eigenvalue weighted by molar-refractivity contribution is 7.89. The van der Waals surface area contributed by atoms with Crippen LogP contribution in [0.15, 0.2) is 17.0 Å². The lowest BCUT2D eigenvalue weighted by Crippen LogP contribution is -2.44. The van der Waals surface area contributed by atoms with Gasteiger partial charge in [-0.2, -0.15) is 4.31 Å². The largest absolute Gasteiger partial charge is 0.497 e. The number of amides is 2. The van der Waals surface area contributed by atoms with E-state index in [9.17, 15) is 18.0 Å². The third kappa shape index (κ3) is 8.65. The first-order valence-corrected chi connectivity index (χ1v) is 14.6. The van der Waals surface area contributed by atoms with Crippen molar-refractivity contribution in [2.24, 2.45) is 5.92 Å². The topological polar surface area (TPSA) is 99.7 Å². The summed E-state index contributed by atoms with van der Waals surface area (Å²) in [6.45, 7) is 4.70. The van der Waals surface area contributed by atoms with E-state index in [0.717, 1.165) is 25.7 Å². The van der Waals surface area contributed by atoms with Gasteiger partial charge in [-0.3, -0.25) is 9.59 Å². The number of hydrogen-bond donors (Lipinski definition) is 0. The summed E-state index contributed by atoms with van der Waals surface area (Å²) in [6, 6.07) is 3.66. The van der Waals surface area contributed by atoms with Gasteiger partial charge in [-0.25, -0.2) is 8.42 Å². The normalized spacial score (nSPS) is 18.1. The second kappa shape index (κ2) is 14.3. The number of likely N-dealkylation sites (N-methyl/N-ethyl adjacent to an activating group) is 4. The van der Waals surface area contributed by atoms with Crippen LogP contribution in [0.1, 0.15) is 36.8 Å². The summed E-state index contributed by atoms with van der Waals surface area (Å²) in [7, 11) is 6.79. The Morgan fingerprint density at radius 2 is 1.53 bits per heavy atom. The lowest BCUT2D eigenvalue weighted by Gasteiger charge is -2.36. The third-order valence-electron chi connectivity index (χ3n) is 7.28. The maximum absolute atomic E-state index is 13.1. The van der Waals surface area contributed by atoms with Crippen LogP contribution in [0.4, 0.5) is 0 Å². The number of methoxy groups -OCH3 is 1. The summed E-state index contributed by atoms with van der Waals surface area (Å²) in [6.07, 6.45) is 3.81. The molecule has 2 amide bonds. The molecule has 1 aromatic carbocycles. The van der Waals surface area contributed by atoms with Crippen LogP contribution in [0.3, 0.4) is 0 Å². The molecule has 0 N–H and O–H groups in total. The molecule has 38 heavy (non-hydrogen) atoms. The fraction of sp³-hybridized carbons (Fsp3) is 0.704. The fourth-order valence-corrected chi connectivity index (χ4v) is 6.52. The molecule has 0 heterocycles. The molecule has 0 atom stereocenters. The summed E-state index contributed by atoms with van der Waals surface area (Å²) in [5.41, 5.74) is 1.24. The van der Waals surface area contributed by atoms with Gasteiger partial charge >= 0.3 is 0 Å². The van der Waals surface area contributed by atoms with Crippen molar-refractivity contribution in [1.82, 2.24) is 19.0 Å². The van der Waals surface area contributed by atoms with E-state index in [-0.39, 0.29) is 42.5 Å². The van der Waals surface area contributed by atoms with Crippen LogP contribution >= 0.6 is 0 Å². The Morgan fingerprint density at radius 1 is 0.947 bits per heavy atom. The number of carbonyl (C=O) groups excluding carboxylic acids is 2. The van der Waals surface area contributed by atoms with E-state index in [1.807, 2.05) is 30.9 Å². The molecule has 1 saturated carbocycles. The maximum atomic E-state index is 13.1. The van der Waals surface area contributed by atoms with Gasteiger partial charge in [0.1, 0.15) is 12.4 Å². The second-order valence-corrected chi connectivity index (χ2v) is 12.6. The highest BCUT2D eigenvalue weighted by Gasteiger charge is 2.28. The predicted octanol–water partition coefficient (Wildman–Crippen LogP) is 1.99. The molecule has 1 aliphatic rings. The van der Waals surface area contributed by atoms with E-state index in [0.29, 0.717) is 35.9 Å². The van der Waals surface area contributed by atoms with Crippen molar-refractivity contribution in [3.05, 3.63) is 23.3 Å². The zero-order chi connectivity index (χ0) is 28.6. The first kappa shape index (κ1) is 32.0. The molecule has 1 aliphatic carbocycles. The minimum atomic E-state index is -3.71. The van der Waals surface area contributed by atoms with E-state index in [1.165, 1.54) is 11.4 Å². The summed E-state index contributed by atoms with van der Waals surface area (Å²) >= 11 is 0. The van der Waals surface area contributed by atoms with Gasteiger partial charge in [0.2, 0.25) is 21.8 Å². The Morgan fingerprint density at radius 3 is 2.05 bits per heavy atom. The standard InChI is InChI=1S/C27H46N4O6S/c1-20-15-24(36-8)16-21(2)27(20)38(34,35)30(6)13-14-37-19-26(33)29(5)17-22-9-11-23(12-10-22)31(7)25(32)18-28(3)4/h15-16,22-23H,9-14,17-19H2,1-8H3. The van der Waals surface area contributed by atoms with Crippen molar-refractivity contribution in [2.75, 3.05) is 75.2 Å². The van der Waals surface area contributed by atoms with Crippen LogP contribution in [-0.2, 0) is 24.3 Å². The Hall–Kier alpha value is -2.21. The molecule has 216 valence electrons. The number of ether oxygens (including phenoxy) is 2. The summed E-state index contributed by atoms with van der Waals surface area (Å²) in [5.74, 6) is 1.02. The zero-order valence-corrected chi connectivity index (χ0v) is 25.1. The SMILES string of the molecule is COc1cc(C)c(S(=O)(=O)N(C)CCOCC(=O)N(C)CC2CCC(N(C)C(=O)CN(C)C)CC2)c(C)c1. The lowest BCUT2D eigenvalue weighted by molar-refractivity contribution is -0.135. The van der Waals surface area contributed by atoms with Gasteiger partial charge in [-0.15, -0.1) is 0 Å². The van der Waals surface area contributed by atoms with Crippen molar-refractivity contribution in [3.63, 3.8) is 0 Å². The molecule has 2 rings (SSSR count). The number of sulfonamides is 1. The smallest absolute Gasteiger partial charge is 0.248 e. The highest BCUT2D eigenvalue weighted by Crippen LogP contribution is 2.29. The molecular weight excluding hydrogens is 508 g/mol. The van der Waals surface area contributed by atoms with E-state index in [1.54, 1.807) is 45.0 Å². The van der Waals surface area contributed by atoms with Crippen molar-refractivity contribution >= 4 is 21.8 Å². The molecule has 0 aliphatic heterocycles. The number of nitrogens with zero attached hydrogens (tertiary/aromatic N) is 4. The fourth-order valence-electron chi connectivity index (χ4n) is 4.96. The van der Waals surface area contributed by atoms with Gasteiger partial charge in [0.05, 0.1) is 25.2 Å². The van der Waals surface area contributed by atoms with Crippen LogP contribution in [0.2, 0.25) is 0 Å². The van der Waals surface area contributed by atoms with Crippen molar-refractivity contribution in [2.45, 2.75) is 50.5 Å². The molecule has 0 radical (unpaired) electrons. The second-order valence-electron chi connectivity index (χ2n) is 10.7. The van der Waals surface area contributed by atoms with E-state index < -0.39 is 10.0 Å². The van der Waals surface area contributed by atoms with Crippen molar-refractivity contribution in [3.8, 4) is 5.75 Å². The monoisotopic (exact) mass is 554 g/mol. The predicted molar refractivity (Wildman–Crippen MR) is 148 cm³/mol. The molecule has 10 nitrogen and oxygen atoms in total. The average molecular weight is 555 g/mol. The molecule has 1 aromatic rings. The Labute approximate surface area is 228 Å². The Bertz CT molecular complexity index is 1030. The molecular formula is C27H46N4O6S. The van der Waals surface area contributed by atoms with Gasteiger partial charge in [-0.05, 0) is 82.8 Å². The first-order chi connectivity index (χ1) is 17.8. The lowest BCUT2D eigenvalue weighted by atomic mass is 9.85. The highest BCUT2D eigenvalue weighted by atomic mass is 32.2. The molecule has 0 bridgehead atoms. The quantitative estimate of drug-likeness (QED) is 0.344. The zero-order valence-electron chi connectivity index (χ0n) is 24.3. The number of rotatable bonds is 13. The molecule has 11 heteroatoms. The summed E-state index contributed by atoms with van der Waals surface area (Å²) in [5, 5.41) is 0. The van der Waals surface area contributed by atoms with Crippen LogP contribution in [-0.4, -0.2) is 120 Å². The first-order valence-electron chi connectivity index (χ1n) is 13.1. The van der Waals surface area contributed by atoms with E-state index in [4.69, 9.17) is 9.47 Å². The molecule has 0 aromatic heterocycles. The third-order valence-corrected chi connectivity index (χ3v) is 9.44. The Balaban J connectivity index is 1.76. The molecule has 0 unspecified atom stereocenters. The van der Waals surface area contributed by atoms with Crippen molar-refractivity contribution in [1.29, 1.82) is 0 Å². The van der Waals surface area contributed by atoms with Gasteiger partial charge in [0, 0.05) is 40.3 Å². The van der Waals surface area contributed by atoms with Gasteiger partial charge in [0.15, 0.2) is 0 Å². The minimum Gasteiger partial charge on any atom is -0.497 e. The Kier molecular flexibility index (Phi) is 12.0. The van der Waals surface area contributed by atoms with Crippen LogP contribution < -0.4 is 4.74 Å². The van der Waals surface area contributed by atoms with E-state index in [2.05, 4.69) is 0 Å². The van der Waals surface area contributed by atoms with Gasteiger partial charge < -0.3 is 24.2 Å². The average Bonchev–Trinajstić information content (AvgIpc) is 2.85. The maximum Gasteiger partial charge on any atom is 0.248 e. The molecule has 0 saturated heterocycles. The summed E-state index contributed by atoms with van der Waals surface area (Å²) < 4.78 is 38.2. The van der Waals surface area contributed by atoms with Gasteiger partial charge in [-0.1, -0.05) is 0 Å². The number of hydrogen-bond acceptors (Lipinski definition) is 7. The number of benzene rings is 1. The summed E-state index contributed by atoms with van der Waals surface area (Å²) in [4.78, 5) is 30.6. The van der Waals surface area contributed by atoms with E-state index >= 15 is 0 Å². The number of aryl methyl sites for hydroxylation is 2. The van der Waals surface area contributed by atoms with Crippen LogP contribution in [0.5, 0.6) is 5.75 Å². The van der Waals surface area contributed by atoms with Gasteiger partial charge in [0.25, 0.3) is 0 Å². The molecule has 0 spiro atoms. The van der Waals surface area contributed by atoms with Crippen LogP contribution in [0.25, 0.3) is 0 Å². The number of carbonyl (C=O) groups is 2. The molecule has 1 fully saturated rings.